The summed E-state index contributed by atoms with van der Waals surface area (Å²) in [7, 11) is 1.49. The summed E-state index contributed by atoms with van der Waals surface area (Å²) in [6.45, 7) is 0.422. The smallest absolute Gasteiger partial charge is 0.255 e. The van der Waals surface area contributed by atoms with E-state index in [1.807, 2.05) is 6.07 Å². The van der Waals surface area contributed by atoms with Crippen molar-refractivity contribution in [1.82, 2.24) is 5.32 Å². The molecule has 0 unspecified atom stereocenters. The topological polar surface area (TPSA) is 87.7 Å². The van der Waals surface area contributed by atoms with Crippen LogP contribution in [0.2, 0.25) is 0 Å². The van der Waals surface area contributed by atoms with E-state index >= 15 is 0 Å². The van der Waals surface area contributed by atoms with Gasteiger partial charge in [0.1, 0.15) is 0 Å². The molecule has 30 heavy (non-hydrogen) atoms. The first-order chi connectivity index (χ1) is 14.5. The first-order valence-electron chi connectivity index (χ1n) is 9.28. The number of rotatable bonds is 7. The predicted octanol–water partition coefficient (Wildman–Crippen LogP) is 4.39. The SMILES string of the molecule is COc1cc(CCNC(=O)c2ccc(NC(=O)c3ccccc3)cc2)cc(Br)c1O. The molecule has 3 rings (SSSR count). The summed E-state index contributed by atoms with van der Waals surface area (Å²) in [4.78, 5) is 24.5. The summed E-state index contributed by atoms with van der Waals surface area (Å²) in [6.07, 6.45) is 0.576. The number of anilines is 1. The predicted molar refractivity (Wildman–Crippen MR) is 119 cm³/mol. The van der Waals surface area contributed by atoms with Crippen LogP contribution in [0.1, 0.15) is 26.3 Å². The van der Waals surface area contributed by atoms with Crippen LogP contribution in [0.3, 0.4) is 0 Å². The highest BCUT2D eigenvalue weighted by molar-refractivity contribution is 9.10. The summed E-state index contributed by atoms with van der Waals surface area (Å²) in [5.41, 5.74) is 2.59. The highest BCUT2D eigenvalue weighted by atomic mass is 79.9. The van der Waals surface area contributed by atoms with Crippen molar-refractivity contribution in [3.05, 3.63) is 87.9 Å². The van der Waals surface area contributed by atoms with E-state index in [1.54, 1.807) is 60.7 Å². The number of halogens is 1. The zero-order chi connectivity index (χ0) is 21.5. The van der Waals surface area contributed by atoms with Gasteiger partial charge in [0.2, 0.25) is 0 Å². The number of amides is 2. The molecule has 0 radical (unpaired) electrons. The molecule has 0 heterocycles. The molecule has 0 fully saturated rings. The van der Waals surface area contributed by atoms with Crippen molar-refractivity contribution in [3.63, 3.8) is 0 Å². The number of hydrogen-bond acceptors (Lipinski definition) is 4. The standard InChI is InChI=1S/C23H21BrN2O4/c1-30-20-14-15(13-19(24)21(20)27)11-12-25-22(28)17-7-9-18(10-8-17)26-23(29)16-5-3-2-4-6-16/h2-10,13-14,27H,11-12H2,1H3,(H,25,28)(H,26,29). The molecular weight excluding hydrogens is 448 g/mol. The van der Waals surface area contributed by atoms with Crippen molar-refractivity contribution in [2.75, 3.05) is 19.0 Å². The molecule has 3 N–H and O–H groups in total. The molecule has 0 aliphatic carbocycles. The van der Waals surface area contributed by atoms with Crippen LogP contribution in [0.25, 0.3) is 0 Å². The average molecular weight is 469 g/mol. The molecule has 0 aliphatic heterocycles. The van der Waals surface area contributed by atoms with E-state index in [2.05, 4.69) is 26.6 Å². The third-order valence-electron chi connectivity index (χ3n) is 4.45. The van der Waals surface area contributed by atoms with Crippen LogP contribution in [0.5, 0.6) is 11.5 Å². The molecule has 0 aliphatic rings. The number of phenols is 1. The van der Waals surface area contributed by atoms with Gasteiger partial charge in [-0.05, 0) is 76.4 Å². The molecular formula is C23H21BrN2O4. The largest absolute Gasteiger partial charge is 0.503 e. The molecule has 6 nitrogen and oxygen atoms in total. The van der Waals surface area contributed by atoms with Gasteiger partial charge in [-0.25, -0.2) is 0 Å². The zero-order valence-corrected chi connectivity index (χ0v) is 17.9. The second-order valence-electron chi connectivity index (χ2n) is 6.53. The second kappa shape index (κ2) is 9.93. The number of nitrogens with one attached hydrogen (secondary N) is 2. The van der Waals surface area contributed by atoms with Gasteiger partial charge in [-0.15, -0.1) is 0 Å². The molecule has 0 saturated heterocycles. The Labute approximate surface area is 183 Å². The van der Waals surface area contributed by atoms with E-state index < -0.39 is 0 Å². The average Bonchev–Trinajstić information content (AvgIpc) is 2.77. The van der Waals surface area contributed by atoms with E-state index in [0.29, 0.717) is 40.0 Å². The summed E-state index contributed by atoms with van der Waals surface area (Å²) >= 11 is 3.29. The molecule has 3 aromatic rings. The maximum atomic E-state index is 12.4. The third-order valence-corrected chi connectivity index (χ3v) is 5.05. The van der Waals surface area contributed by atoms with E-state index in [9.17, 15) is 14.7 Å². The van der Waals surface area contributed by atoms with Crippen LogP contribution in [-0.2, 0) is 6.42 Å². The first kappa shape index (κ1) is 21.4. The number of hydrogen-bond donors (Lipinski definition) is 3. The summed E-state index contributed by atoms with van der Waals surface area (Å²) in [6, 6.07) is 19.1. The minimum atomic E-state index is -0.208. The number of phenolic OH excluding ortho intramolecular Hbond substituents is 1. The van der Waals surface area contributed by atoms with Gasteiger partial charge in [-0.3, -0.25) is 9.59 Å². The Kier molecular flexibility index (Phi) is 7.08. The molecule has 154 valence electrons. The van der Waals surface area contributed by atoms with Gasteiger partial charge >= 0.3 is 0 Å². The van der Waals surface area contributed by atoms with Crippen LogP contribution >= 0.6 is 15.9 Å². The molecule has 7 heteroatoms. The minimum absolute atomic E-state index is 0.0460. The monoisotopic (exact) mass is 468 g/mol. The zero-order valence-electron chi connectivity index (χ0n) is 16.3. The van der Waals surface area contributed by atoms with Gasteiger partial charge in [-0.1, -0.05) is 18.2 Å². The third kappa shape index (κ3) is 5.39. The fourth-order valence-corrected chi connectivity index (χ4v) is 3.34. The summed E-state index contributed by atoms with van der Waals surface area (Å²) in [5, 5.41) is 15.5. The number of methoxy groups -OCH3 is 1. The van der Waals surface area contributed by atoms with Crippen molar-refractivity contribution in [2.24, 2.45) is 0 Å². The van der Waals surface area contributed by atoms with E-state index in [1.165, 1.54) is 7.11 Å². The summed E-state index contributed by atoms with van der Waals surface area (Å²) in [5.74, 6) is 0.00704. The Bertz CT molecular complexity index is 1040. The molecule has 0 saturated carbocycles. The minimum Gasteiger partial charge on any atom is -0.503 e. The molecule has 0 aromatic heterocycles. The quantitative estimate of drug-likeness (QED) is 0.479. The number of carbonyl (C=O) groups is 2. The Morgan fingerprint density at radius 1 is 0.967 bits per heavy atom. The molecule has 0 atom stereocenters. The van der Waals surface area contributed by atoms with Crippen molar-refractivity contribution >= 4 is 33.4 Å². The fourth-order valence-electron chi connectivity index (χ4n) is 2.85. The second-order valence-corrected chi connectivity index (χ2v) is 7.39. The van der Waals surface area contributed by atoms with Gasteiger partial charge in [0, 0.05) is 23.4 Å². The maximum absolute atomic E-state index is 12.4. The lowest BCUT2D eigenvalue weighted by Gasteiger charge is -2.10. The lowest BCUT2D eigenvalue weighted by molar-refractivity contribution is 0.0953. The number of benzene rings is 3. The molecule has 3 aromatic carbocycles. The normalized spacial score (nSPS) is 10.3. The highest BCUT2D eigenvalue weighted by Gasteiger charge is 2.10. The van der Waals surface area contributed by atoms with Gasteiger partial charge in [0.15, 0.2) is 11.5 Å². The van der Waals surface area contributed by atoms with Gasteiger partial charge in [-0.2, -0.15) is 0 Å². The van der Waals surface area contributed by atoms with Crippen molar-refractivity contribution < 1.29 is 19.4 Å². The van der Waals surface area contributed by atoms with Gasteiger partial charge in [0.05, 0.1) is 11.6 Å². The first-order valence-corrected chi connectivity index (χ1v) is 10.1. The number of ether oxygens (including phenoxy) is 1. The molecule has 0 spiro atoms. The van der Waals surface area contributed by atoms with E-state index in [0.717, 1.165) is 5.56 Å². The van der Waals surface area contributed by atoms with Crippen molar-refractivity contribution in [3.8, 4) is 11.5 Å². The lowest BCUT2D eigenvalue weighted by Crippen LogP contribution is -2.25. The Balaban J connectivity index is 1.54. The number of aromatic hydroxyl groups is 1. The van der Waals surface area contributed by atoms with Crippen LogP contribution in [0, 0.1) is 0 Å². The Hall–Kier alpha value is -3.32. The lowest BCUT2D eigenvalue weighted by atomic mass is 10.1. The van der Waals surface area contributed by atoms with Gasteiger partial charge < -0.3 is 20.5 Å². The van der Waals surface area contributed by atoms with Crippen LogP contribution < -0.4 is 15.4 Å². The van der Waals surface area contributed by atoms with E-state index in [4.69, 9.17) is 4.74 Å². The Morgan fingerprint density at radius 2 is 1.63 bits per heavy atom. The van der Waals surface area contributed by atoms with E-state index in [-0.39, 0.29) is 17.6 Å². The fraction of sp³-hybridized carbons (Fsp3) is 0.130. The van der Waals surface area contributed by atoms with Crippen molar-refractivity contribution in [1.29, 1.82) is 0 Å². The van der Waals surface area contributed by atoms with Crippen LogP contribution in [0.4, 0.5) is 5.69 Å². The highest BCUT2D eigenvalue weighted by Crippen LogP contribution is 2.35. The molecule has 2 amide bonds. The van der Waals surface area contributed by atoms with Crippen molar-refractivity contribution in [2.45, 2.75) is 6.42 Å². The maximum Gasteiger partial charge on any atom is 0.255 e. The van der Waals surface area contributed by atoms with Crippen LogP contribution in [-0.4, -0.2) is 30.6 Å². The van der Waals surface area contributed by atoms with Crippen LogP contribution in [0.15, 0.2) is 71.2 Å². The summed E-state index contributed by atoms with van der Waals surface area (Å²) < 4.78 is 5.67. The molecule has 0 bridgehead atoms. The number of carbonyl (C=O) groups excluding carboxylic acids is 2. The Morgan fingerprint density at radius 3 is 2.30 bits per heavy atom. The van der Waals surface area contributed by atoms with Gasteiger partial charge in [0.25, 0.3) is 11.8 Å².